The van der Waals surface area contributed by atoms with Gasteiger partial charge in [-0.15, -0.1) is 0 Å². The second-order valence-corrected chi connectivity index (χ2v) is 15.0. The van der Waals surface area contributed by atoms with Gasteiger partial charge in [0.25, 0.3) is 0 Å². The quantitative estimate of drug-likeness (QED) is 0.192. The van der Waals surface area contributed by atoms with Crippen molar-refractivity contribution in [3.63, 3.8) is 0 Å². The van der Waals surface area contributed by atoms with E-state index in [0.717, 1.165) is 33.9 Å². The number of benzene rings is 7. The molecule has 50 heavy (non-hydrogen) atoms. The summed E-state index contributed by atoms with van der Waals surface area (Å²) in [6.07, 6.45) is 0. The Labute approximate surface area is 293 Å². The van der Waals surface area contributed by atoms with Crippen LogP contribution in [0.2, 0.25) is 0 Å². The first-order valence-corrected chi connectivity index (χ1v) is 17.6. The Hall–Kier alpha value is -5.86. The molecule has 0 saturated carbocycles. The molecular weight excluding hydrogens is 605 g/mol. The van der Waals surface area contributed by atoms with Crippen LogP contribution in [0, 0.1) is 0 Å². The average molecular weight is 641 g/mol. The van der Waals surface area contributed by atoms with Crippen molar-refractivity contribution < 1.29 is 0 Å². The predicted molar refractivity (Wildman–Crippen MR) is 208 cm³/mol. The normalized spacial score (nSPS) is 14.7. The fraction of sp³-hybridized carbons (Fsp3) is 0.125. The Morgan fingerprint density at radius 1 is 0.400 bits per heavy atom. The van der Waals surface area contributed by atoms with E-state index >= 15 is 0 Å². The SMILES string of the molecule is CC1(C)c2cc3ccccc3cc2-c2c(-c3cc(-c4ccc5c(c4)C(C)(C)c4c-5ccc5ccccc45)nc(-c4ccccc4)n3)cccc21. The number of hydrogen-bond donors (Lipinski definition) is 0. The molecular formula is C48H36N2. The van der Waals surface area contributed by atoms with Crippen LogP contribution >= 0.6 is 0 Å². The summed E-state index contributed by atoms with van der Waals surface area (Å²) in [5.41, 5.74) is 15.5. The van der Waals surface area contributed by atoms with E-state index in [4.69, 9.17) is 9.97 Å². The molecule has 2 aliphatic rings. The summed E-state index contributed by atoms with van der Waals surface area (Å²) < 4.78 is 0. The van der Waals surface area contributed by atoms with Crippen LogP contribution in [0.3, 0.4) is 0 Å². The van der Waals surface area contributed by atoms with Gasteiger partial charge in [0.2, 0.25) is 0 Å². The van der Waals surface area contributed by atoms with Crippen LogP contribution in [0.25, 0.3) is 77.7 Å². The first-order chi connectivity index (χ1) is 24.3. The maximum atomic E-state index is 5.32. The molecule has 2 heteroatoms. The highest BCUT2D eigenvalue weighted by atomic mass is 14.9. The molecule has 0 radical (unpaired) electrons. The summed E-state index contributed by atoms with van der Waals surface area (Å²) in [7, 11) is 0. The number of aromatic nitrogens is 2. The summed E-state index contributed by atoms with van der Waals surface area (Å²) in [4.78, 5) is 10.6. The zero-order chi connectivity index (χ0) is 33.8. The molecule has 8 aromatic rings. The van der Waals surface area contributed by atoms with Gasteiger partial charge in [-0.3, -0.25) is 0 Å². The highest BCUT2D eigenvalue weighted by Crippen LogP contribution is 2.54. The lowest BCUT2D eigenvalue weighted by Gasteiger charge is -2.23. The summed E-state index contributed by atoms with van der Waals surface area (Å²) in [5.74, 6) is 0.737. The standard InChI is InChI=1S/C48H36N2/c1-47(2)39-20-12-19-37(44(39)38-25-31-16-8-9-17-32(31)26-41(38)47)43-28-42(49-46(50-43)30-14-6-5-7-15-30)33-22-23-35-36-24-21-29-13-10-11-18-34(29)45(36)48(3,4)40(35)27-33/h5-28H,1-4H3. The third-order valence-corrected chi connectivity index (χ3v) is 11.4. The Morgan fingerprint density at radius 3 is 1.90 bits per heavy atom. The lowest BCUT2D eigenvalue weighted by Crippen LogP contribution is -2.15. The van der Waals surface area contributed by atoms with E-state index in [1.54, 1.807) is 0 Å². The molecule has 0 saturated heterocycles. The summed E-state index contributed by atoms with van der Waals surface area (Å²) >= 11 is 0. The number of rotatable bonds is 3. The van der Waals surface area contributed by atoms with Crippen LogP contribution in [0.15, 0.2) is 146 Å². The second-order valence-electron chi connectivity index (χ2n) is 15.0. The van der Waals surface area contributed by atoms with Gasteiger partial charge in [-0.1, -0.05) is 149 Å². The molecule has 0 fully saturated rings. The van der Waals surface area contributed by atoms with Crippen molar-refractivity contribution in [3.05, 3.63) is 168 Å². The first kappa shape index (κ1) is 29.1. The van der Waals surface area contributed by atoms with Crippen molar-refractivity contribution in [2.45, 2.75) is 38.5 Å². The molecule has 10 rings (SSSR count). The van der Waals surface area contributed by atoms with Crippen LogP contribution in [0.5, 0.6) is 0 Å². The van der Waals surface area contributed by atoms with Gasteiger partial charge in [0.1, 0.15) is 0 Å². The third kappa shape index (κ3) is 4.08. The molecule has 2 nitrogen and oxygen atoms in total. The van der Waals surface area contributed by atoms with E-state index in [2.05, 4.69) is 167 Å². The Kier molecular flexibility index (Phi) is 6.01. The minimum absolute atomic E-state index is 0.131. The molecule has 0 atom stereocenters. The van der Waals surface area contributed by atoms with Crippen molar-refractivity contribution in [1.82, 2.24) is 9.97 Å². The largest absolute Gasteiger partial charge is 0.228 e. The van der Waals surface area contributed by atoms with Crippen molar-refractivity contribution in [3.8, 4) is 56.2 Å². The highest BCUT2D eigenvalue weighted by molar-refractivity contribution is 6.00. The number of fused-ring (bicyclic) bond motifs is 9. The zero-order valence-electron chi connectivity index (χ0n) is 28.8. The summed E-state index contributed by atoms with van der Waals surface area (Å²) in [6.45, 7) is 9.44. The van der Waals surface area contributed by atoms with Gasteiger partial charge < -0.3 is 0 Å². The van der Waals surface area contributed by atoms with E-state index in [1.807, 2.05) is 6.07 Å². The van der Waals surface area contributed by atoms with Gasteiger partial charge in [0, 0.05) is 27.5 Å². The summed E-state index contributed by atoms with van der Waals surface area (Å²) in [5, 5.41) is 5.15. The Bertz CT molecular complexity index is 2700. The molecule has 0 aliphatic heterocycles. The lowest BCUT2D eigenvalue weighted by molar-refractivity contribution is 0.661. The van der Waals surface area contributed by atoms with Crippen LogP contribution < -0.4 is 0 Å². The van der Waals surface area contributed by atoms with Gasteiger partial charge in [-0.25, -0.2) is 9.97 Å². The molecule has 0 unspecified atom stereocenters. The molecule has 0 bridgehead atoms. The van der Waals surface area contributed by atoms with Gasteiger partial charge in [0.15, 0.2) is 5.82 Å². The molecule has 2 aliphatic carbocycles. The van der Waals surface area contributed by atoms with E-state index in [9.17, 15) is 0 Å². The third-order valence-electron chi connectivity index (χ3n) is 11.4. The fourth-order valence-electron chi connectivity index (χ4n) is 8.90. The van der Waals surface area contributed by atoms with E-state index in [-0.39, 0.29) is 10.8 Å². The van der Waals surface area contributed by atoms with Crippen LogP contribution in [0.4, 0.5) is 0 Å². The first-order valence-electron chi connectivity index (χ1n) is 17.6. The minimum Gasteiger partial charge on any atom is -0.228 e. The molecule has 0 N–H and O–H groups in total. The second kappa shape index (κ2) is 10.3. The number of nitrogens with zero attached hydrogens (tertiary/aromatic N) is 2. The number of hydrogen-bond acceptors (Lipinski definition) is 2. The molecule has 238 valence electrons. The predicted octanol–water partition coefficient (Wildman–Crippen LogP) is 12.4. The van der Waals surface area contributed by atoms with Crippen molar-refractivity contribution in [2.24, 2.45) is 0 Å². The van der Waals surface area contributed by atoms with Gasteiger partial charge in [-0.2, -0.15) is 0 Å². The Morgan fingerprint density at radius 2 is 1.08 bits per heavy atom. The molecule has 1 aromatic heterocycles. The molecule has 0 amide bonds. The van der Waals surface area contributed by atoms with E-state index in [0.29, 0.717) is 0 Å². The van der Waals surface area contributed by atoms with Crippen molar-refractivity contribution in [1.29, 1.82) is 0 Å². The maximum absolute atomic E-state index is 5.32. The van der Waals surface area contributed by atoms with E-state index < -0.39 is 0 Å². The topological polar surface area (TPSA) is 25.8 Å². The highest BCUT2D eigenvalue weighted by Gasteiger charge is 2.39. The van der Waals surface area contributed by atoms with Crippen molar-refractivity contribution in [2.75, 3.05) is 0 Å². The van der Waals surface area contributed by atoms with Gasteiger partial charge in [0.05, 0.1) is 11.4 Å². The monoisotopic (exact) mass is 640 g/mol. The fourth-order valence-corrected chi connectivity index (χ4v) is 8.90. The van der Waals surface area contributed by atoms with E-state index in [1.165, 1.54) is 66.1 Å². The molecule has 7 aromatic carbocycles. The van der Waals surface area contributed by atoms with Gasteiger partial charge >= 0.3 is 0 Å². The lowest BCUT2D eigenvalue weighted by atomic mass is 9.79. The zero-order valence-corrected chi connectivity index (χ0v) is 28.8. The minimum atomic E-state index is -0.155. The van der Waals surface area contributed by atoms with Crippen LogP contribution in [-0.2, 0) is 10.8 Å². The van der Waals surface area contributed by atoms with Crippen LogP contribution in [-0.4, -0.2) is 9.97 Å². The van der Waals surface area contributed by atoms with Crippen LogP contribution in [0.1, 0.15) is 49.9 Å². The maximum Gasteiger partial charge on any atom is 0.160 e. The summed E-state index contributed by atoms with van der Waals surface area (Å²) in [6, 6.07) is 53.1. The smallest absolute Gasteiger partial charge is 0.160 e. The average Bonchev–Trinajstić information content (AvgIpc) is 3.53. The van der Waals surface area contributed by atoms with Crippen molar-refractivity contribution >= 4 is 21.5 Å². The Balaban J connectivity index is 1.19. The van der Waals surface area contributed by atoms with Gasteiger partial charge in [-0.05, 0) is 90.3 Å². The molecule has 1 heterocycles. The molecule has 0 spiro atoms.